The molecule has 0 spiro atoms. The lowest BCUT2D eigenvalue weighted by molar-refractivity contribution is -0.118. The Bertz CT molecular complexity index is 646. The van der Waals surface area contributed by atoms with E-state index in [2.05, 4.69) is 21.2 Å². The summed E-state index contributed by atoms with van der Waals surface area (Å²) in [6, 6.07) is 17.1. The zero-order chi connectivity index (χ0) is 15.2. The number of carbonyl (C=O) groups excluding carboxylic acids is 1. The van der Waals surface area contributed by atoms with Gasteiger partial charge in [0.1, 0.15) is 0 Å². The topological polar surface area (TPSA) is 55.1 Å². The molecule has 0 heterocycles. The Morgan fingerprint density at radius 3 is 2.38 bits per heavy atom. The van der Waals surface area contributed by atoms with E-state index in [0.29, 0.717) is 12.1 Å². The fourth-order valence-electron chi connectivity index (χ4n) is 1.95. The molecule has 2 aromatic rings. The second kappa shape index (κ2) is 7.33. The summed E-state index contributed by atoms with van der Waals surface area (Å²) >= 11 is 8.45. The van der Waals surface area contributed by atoms with Crippen LogP contribution in [-0.2, 0) is 11.2 Å². The van der Waals surface area contributed by atoms with Crippen LogP contribution < -0.4 is 11.1 Å². The Balaban J connectivity index is 2.13. The molecule has 0 aliphatic carbocycles. The normalized spacial score (nSPS) is 11.7. The first-order chi connectivity index (χ1) is 10.1. The van der Waals surface area contributed by atoms with E-state index in [-0.39, 0.29) is 10.9 Å². The number of benzene rings is 2. The number of thiocarbonyl (C=S) groups is 1. The highest BCUT2D eigenvalue weighted by atomic mass is 79.9. The van der Waals surface area contributed by atoms with Crippen molar-refractivity contribution in [2.24, 2.45) is 11.7 Å². The maximum absolute atomic E-state index is 12.4. The van der Waals surface area contributed by atoms with Crippen molar-refractivity contribution in [2.45, 2.75) is 6.42 Å². The smallest absolute Gasteiger partial charge is 0.234 e. The number of amides is 1. The first-order valence-electron chi connectivity index (χ1n) is 6.46. The lowest BCUT2D eigenvalue weighted by atomic mass is 9.98. The van der Waals surface area contributed by atoms with Gasteiger partial charge in [-0.1, -0.05) is 54.7 Å². The van der Waals surface area contributed by atoms with E-state index < -0.39 is 5.92 Å². The lowest BCUT2D eigenvalue weighted by Gasteiger charge is -2.16. The van der Waals surface area contributed by atoms with Gasteiger partial charge in [0.05, 0.1) is 16.6 Å². The number of rotatable bonds is 5. The number of carbonyl (C=O) groups is 1. The summed E-state index contributed by atoms with van der Waals surface area (Å²) in [5, 5.41) is 2.86. The van der Waals surface area contributed by atoms with Crippen molar-refractivity contribution in [3.63, 3.8) is 0 Å². The summed E-state index contributed by atoms with van der Waals surface area (Å²) in [6.07, 6.45) is 0.493. The third-order valence-corrected chi connectivity index (χ3v) is 4.05. The van der Waals surface area contributed by atoms with Crippen molar-refractivity contribution in [1.29, 1.82) is 0 Å². The third kappa shape index (κ3) is 4.37. The van der Waals surface area contributed by atoms with Gasteiger partial charge in [0.15, 0.2) is 0 Å². The minimum absolute atomic E-state index is 0.196. The molecule has 0 saturated heterocycles. The van der Waals surface area contributed by atoms with Gasteiger partial charge >= 0.3 is 0 Å². The molecule has 108 valence electrons. The fourth-order valence-corrected chi connectivity index (χ4v) is 2.53. The molecule has 0 saturated carbocycles. The SMILES string of the molecule is NC(=S)C(Cc1ccccc1)C(=O)Nc1ccccc1Br. The average molecular weight is 363 g/mol. The lowest BCUT2D eigenvalue weighted by Crippen LogP contribution is -2.34. The summed E-state index contributed by atoms with van der Waals surface area (Å²) in [5.41, 5.74) is 7.47. The molecule has 2 rings (SSSR count). The van der Waals surface area contributed by atoms with Crippen LogP contribution in [0.3, 0.4) is 0 Å². The molecule has 2 aromatic carbocycles. The summed E-state index contributed by atoms with van der Waals surface area (Å²) in [6.45, 7) is 0. The van der Waals surface area contributed by atoms with Crippen LogP contribution >= 0.6 is 28.1 Å². The number of nitrogens with one attached hydrogen (secondary N) is 1. The Kier molecular flexibility index (Phi) is 5.47. The summed E-state index contributed by atoms with van der Waals surface area (Å²) < 4.78 is 0.819. The standard InChI is InChI=1S/C16H15BrN2OS/c17-13-8-4-5-9-14(13)19-16(20)12(15(18)21)10-11-6-2-1-3-7-11/h1-9,12H,10H2,(H2,18,21)(H,19,20). The highest BCUT2D eigenvalue weighted by Gasteiger charge is 2.22. The van der Waals surface area contributed by atoms with Crippen molar-refractivity contribution in [2.75, 3.05) is 5.32 Å². The summed E-state index contributed by atoms with van der Waals surface area (Å²) in [4.78, 5) is 12.6. The largest absolute Gasteiger partial charge is 0.393 e. The van der Waals surface area contributed by atoms with Gasteiger partial charge in [0.2, 0.25) is 5.91 Å². The van der Waals surface area contributed by atoms with Gasteiger partial charge in [-0.25, -0.2) is 0 Å². The maximum atomic E-state index is 12.4. The van der Waals surface area contributed by atoms with E-state index in [1.54, 1.807) is 0 Å². The molecular weight excluding hydrogens is 348 g/mol. The van der Waals surface area contributed by atoms with Crippen molar-refractivity contribution < 1.29 is 4.79 Å². The third-order valence-electron chi connectivity index (χ3n) is 3.07. The molecular formula is C16H15BrN2OS. The fraction of sp³-hybridized carbons (Fsp3) is 0.125. The molecule has 1 amide bonds. The summed E-state index contributed by atoms with van der Waals surface area (Å²) in [5.74, 6) is -0.729. The van der Waals surface area contributed by atoms with Crippen molar-refractivity contribution in [1.82, 2.24) is 0 Å². The van der Waals surface area contributed by atoms with Crippen molar-refractivity contribution in [3.05, 3.63) is 64.6 Å². The molecule has 0 aliphatic rings. The highest BCUT2D eigenvalue weighted by Crippen LogP contribution is 2.22. The Labute approximate surface area is 137 Å². The van der Waals surface area contributed by atoms with Crippen LogP contribution in [0.25, 0.3) is 0 Å². The van der Waals surface area contributed by atoms with Gasteiger partial charge in [-0.3, -0.25) is 4.79 Å². The zero-order valence-corrected chi connectivity index (χ0v) is 13.7. The van der Waals surface area contributed by atoms with Crippen LogP contribution in [0.4, 0.5) is 5.69 Å². The minimum Gasteiger partial charge on any atom is -0.393 e. The molecule has 3 nitrogen and oxygen atoms in total. The first-order valence-corrected chi connectivity index (χ1v) is 7.66. The van der Waals surface area contributed by atoms with E-state index in [1.807, 2.05) is 54.6 Å². The molecule has 1 atom stereocenters. The van der Waals surface area contributed by atoms with Crippen LogP contribution in [-0.4, -0.2) is 10.9 Å². The van der Waals surface area contributed by atoms with Gasteiger partial charge in [-0.2, -0.15) is 0 Å². The Morgan fingerprint density at radius 2 is 1.76 bits per heavy atom. The van der Waals surface area contributed by atoms with Crippen LogP contribution in [0.1, 0.15) is 5.56 Å². The summed E-state index contributed by atoms with van der Waals surface area (Å²) in [7, 11) is 0. The monoisotopic (exact) mass is 362 g/mol. The number of halogens is 1. The maximum Gasteiger partial charge on any atom is 0.234 e. The van der Waals surface area contributed by atoms with Gasteiger partial charge in [0.25, 0.3) is 0 Å². The second-order valence-corrected chi connectivity index (χ2v) is 5.94. The zero-order valence-electron chi connectivity index (χ0n) is 11.3. The quantitative estimate of drug-likeness (QED) is 0.799. The van der Waals surface area contributed by atoms with Crippen molar-refractivity contribution >= 4 is 44.7 Å². The van der Waals surface area contributed by atoms with Crippen LogP contribution in [0.15, 0.2) is 59.1 Å². The Hall–Kier alpha value is -1.72. The molecule has 0 aliphatic heterocycles. The molecule has 3 N–H and O–H groups in total. The van der Waals surface area contributed by atoms with Crippen LogP contribution in [0.2, 0.25) is 0 Å². The second-order valence-electron chi connectivity index (χ2n) is 4.61. The number of anilines is 1. The molecule has 5 heteroatoms. The number of hydrogen-bond donors (Lipinski definition) is 2. The van der Waals surface area contributed by atoms with Gasteiger partial charge in [-0.05, 0) is 40.0 Å². The Morgan fingerprint density at radius 1 is 1.14 bits per heavy atom. The van der Waals surface area contributed by atoms with Crippen LogP contribution in [0, 0.1) is 5.92 Å². The number of para-hydroxylation sites is 1. The van der Waals surface area contributed by atoms with Gasteiger partial charge < -0.3 is 11.1 Å². The first kappa shape index (κ1) is 15.7. The molecule has 0 bridgehead atoms. The van der Waals surface area contributed by atoms with E-state index in [4.69, 9.17) is 18.0 Å². The van der Waals surface area contributed by atoms with Gasteiger partial charge in [0, 0.05) is 4.47 Å². The van der Waals surface area contributed by atoms with Crippen LogP contribution in [0.5, 0.6) is 0 Å². The van der Waals surface area contributed by atoms with E-state index in [0.717, 1.165) is 10.0 Å². The molecule has 1 unspecified atom stereocenters. The van der Waals surface area contributed by atoms with E-state index in [1.165, 1.54) is 0 Å². The number of hydrogen-bond acceptors (Lipinski definition) is 2. The van der Waals surface area contributed by atoms with Gasteiger partial charge in [-0.15, -0.1) is 0 Å². The molecule has 0 aromatic heterocycles. The van der Waals surface area contributed by atoms with E-state index in [9.17, 15) is 4.79 Å². The van der Waals surface area contributed by atoms with E-state index >= 15 is 0 Å². The number of nitrogens with two attached hydrogens (primary N) is 1. The molecule has 0 radical (unpaired) electrons. The predicted octanol–water partition coefficient (Wildman–Crippen LogP) is 3.53. The minimum atomic E-state index is -0.533. The highest BCUT2D eigenvalue weighted by molar-refractivity contribution is 9.10. The molecule has 21 heavy (non-hydrogen) atoms. The molecule has 0 fully saturated rings. The predicted molar refractivity (Wildman–Crippen MR) is 93.2 cm³/mol. The average Bonchev–Trinajstić information content (AvgIpc) is 2.48. The van der Waals surface area contributed by atoms with Crippen molar-refractivity contribution in [3.8, 4) is 0 Å².